The van der Waals surface area contributed by atoms with Crippen LogP contribution in [0.5, 0.6) is 5.88 Å². The van der Waals surface area contributed by atoms with E-state index in [4.69, 9.17) is 19.7 Å². The first-order chi connectivity index (χ1) is 9.21. The number of rotatable bonds is 3. The van der Waals surface area contributed by atoms with Crippen molar-refractivity contribution in [2.45, 2.75) is 12.0 Å². The summed E-state index contributed by atoms with van der Waals surface area (Å²) in [5, 5.41) is 3.88. The molecule has 2 N–H and O–H groups in total. The number of methoxy groups -OCH3 is 1. The van der Waals surface area contributed by atoms with E-state index in [9.17, 15) is 0 Å². The fraction of sp³-hybridized carbons (Fsp3) is 0.455. The molecule has 0 aromatic carbocycles. The highest BCUT2D eigenvalue weighted by Crippen LogP contribution is 2.27. The molecule has 100 valence electrons. The summed E-state index contributed by atoms with van der Waals surface area (Å²) in [4.78, 5) is 12.3. The van der Waals surface area contributed by atoms with Crippen LogP contribution >= 0.6 is 0 Å². The molecular formula is C11H13N5O3. The summed E-state index contributed by atoms with van der Waals surface area (Å²) < 4.78 is 15.5. The van der Waals surface area contributed by atoms with Crippen molar-refractivity contribution in [3.63, 3.8) is 0 Å². The first-order valence-electron chi connectivity index (χ1n) is 5.78. The Kier molecular flexibility index (Phi) is 2.88. The van der Waals surface area contributed by atoms with Gasteiger partial charge < -0.3 is 19.7 Å². The lowest BCUT2D eigenvalue weighted by atomic mass is 10.0. The molecule has 19 heavy (non-hydrogen) atoms. The number of aromatic nitrogens is 4. The van der Waals surface area contributed by atoms with E-state index >= 15 is 0 Å². The van der Waals surface area contributed by atoms with Crippen LogP contribution in [0.3, 0.4) is 0 Å². The molecule has 2 aromatic rings. The predicted molar refractivity (Wildman–Crippen MR) is 63.2 cm³/mol. The van der Waals surface area contributed by atoms with E-state index in [1.165, 1.54) is 13.4 Å². The zero-order valence-corrected chi connectivity index (χ0v) is 10.4. The molecule has 0 amide bonds. The summed E-state index contributed by atoms with van der Waals surface area (Å²) >= 11 is 0. The van der Waals surface area contributed by atoms with Gasteiger partial charge in [0.15, 0.2) is 0 Å². The van der Waals surface area contributed by atoms with Crippen LogP contribution in [0.1, 0.15) is 12.3 Å². The molecule has 0 spiro atoms. The van der Waals surface area contributed by atoms with Crippen LogP contribution in [0.15, 0.2) is 16.9 Å². The lowest BCUT2D eigenvalue weighted by Crippen LogP contribution is -2.37. The van der Waals surface area contributed by atoms with Crippen molar-refractivity contribution in [3.05, 3.63) is 18.3 Å². The van der Waals surface area contributed by atoms with Gasteiger partial charge in [0, 0.05) is 12.7 Å². The Bertz CT molecular complexity index is 579. The highest BCUT2D eigenvalue weighted by atomic mass is 16.5. The molecule has 8 nitrogen and oxygen atoms in total. The third-order valence-corrected chi connectivity index (χ3v) is 2.98. The molecule has 1 aliphatic heterocycles. The summed E-state index contributed by atoms with van der Waals surface area (Å²) in [7, 11) is 1.53. The average Bonchev–Trinajstić information content (AvgIpc) is 3.08. The molecule has 1 atom stereocenters. The molecule has 0 radical (unpaired) electrons. The minimum absolute atomic E-state index is 0.354. The minimum atomic E-state index is -0.706. The van der Waals surface area contributed by atoms with Gasteiger partial charge in [-0.2, -0.15) is 4.98 Å². The Morgan fingerprint density at radius 2 is 2.32 bits per heavy atom. The smallest absolute Gasteiger partial charge is 0.249 e. The van der Waals surface area contributed by atoms with Crippen LogP contribution in [0, 0.1) is 0 Å². The summed E-state index contributed by atoms with van der Waals surface area (Å²) in [6.07, 6.45) is 2.03. The summed E-state index contributed by atoms with van der Waals surface area (Å²) in [5.41, 5.74) is 5.96. The number of ether oxygens (including phenoxy) is 2. The summed E-state index contributed by atoms with van der Waals surface area (Å²) in [6, 6.07) is 1.63. The average molecular weight is 263 g/mol. The topological polar surface area (TPSA) is 109 Å². The van der Waals surface area contributed by atoms with Crippen molar-refractivity contribution >= 4 is 0 Å². The Balaban J connectivity index is 1.92. The fourth-order valence-electron chi connectivity index (χ4n) is 1.85. The Morgan fingerprint density at radius 1 is 1.42 bits per heavy atom. The molecule has 0 saturated carbocycles. The zero-order chi connectivity index (χ0) is 13.3. The lowest BCUT2D eigenvalue weighted by molar-refractivity contribution is 0.166. The maximum Gasteiger partial charge on any atom is 0.249 e. The second-order valence-electron chi connectivity index (χ2n) is 4.33. The summed E-state index contributed by atoms with van der Waals surface area (Å²) in [5.74, 6) is 1.15. The van der Waals surface area contributed by atoms with Crippen LogP contribution in [0.4, 0.5) is 0 Å². The third-order valence-electron chi connectivity index (χ3n) is 2.98. The van der Waals surface area contributed by atoms with Crippen molar-refractivity contribution in [2.24, 2.45) is 5.73 Å². The lowest BCUT2D eigenvalue weighted by Gasteiger charge is -2.14. The molecule has 0 aliphatic carbocycles. The zero-order valence-electron chi connectivity index (χ0n) is 10.4. The first-order valence-corrected chi connectivity index (χ1v) is 5.78. The molecule has 1 unspecified atom stereocenters. The monoisotopic (exact) mass is 263 g/mol. The van der Waals surface area contributed by atoms with Gasteiger partial charge in [0.1, 0.15) is 17.6 Å². The van der Waals surface area contributed by atoms with Gasteiger partial charge in [-0.25, -0.2) is 9.97 Å². The maximum absolute atomic E-state index is 6.15. The van der Waals surface area contributed by atoms with Crippen LogP contribution in [0.2, 0.25) is 0 Å². The Labute approximate surface area is 108 Å². The van der Waals surface area contributed by atoms with Gasteiger partial charge in [0.2, 0.25) is 17.6 Å². The number of hydrogen-bond donors (Lipinski definition) is 1. The molecule has 0 bridgehead atoms. The largest absolute Gasteiger partial charge is 0.481 e. The van der Waals surface area contributed by atoms with Gasteiger partial charge in [-0.15, -0.1) is 0 Å². The molecular weight excluding hydrogens is 250 g/mol. The van der Waals surface area contributed by atoms with Gasteiger partial charge in [-0.05, 0) is 6.42 Å². The molecule has 1 fully saturated rings. The molecule has 1 saturated heterocycles. The van der Waals surface area contributed by atoms with Crippen molar-refractivity contribution in [1.29, 1.82) is 0 Å². The van der Waals surface area contributed by atoms with E-state index in [1.54, 1.807) is 6.07 Å². The molecule has 2 aromatic heterocycles. The number of nitrogens with two attached hydrogens (primary N) is 1. The van der Waals surface area contributed by atoms with Crippen molar-refractivity contribution in [3.8, 4) is 17.4 Å². The van der Waals surface area contributed by atoms with E-state index in [2.05, 4.69) is 20.1 Å². The normalized spacial score (nSPS) is 22.6. The maximum atomic E-state index is 6.15. The van der Waals surface area contributed by atoms with E-state index in [0.717, 1.165) is 0 Å². The van der Waals surface area contributed by atoms with E-state index in [1.807, 2.05) is 0 Å². The van der Waals surface area contributed by atoms with E-state index < -0.39 is 5.54 Å². The van der Waals surface area contributed by atoms with Gasteiger partial charge in [-0.1, -0.05) is 5.16 Å². The Morgan fingerprint density at radius 3 is 3.05 bits per heavy atom. The molecule has 8 heteroatoms. The van der Waals surface area contributed by atoms with Crippen LogP contribution < -0.4 is 10.5 Å². The fourth-order valence-corrected chi connectivity index (χ4v) is 1.85. The second-order valence-corrected chi connectivity index (χ2v) is 4.33. The quantitative estimate of drug-likeness (QED) is 0.830. The van der Waals surface area contributed by atoms with E-state index in [0.29, 0.717) is 42.9 Å². The second kappa shape index (κ2) is 4.56. The highest BCUT2D eigenvalue weighted by molar-refractivity contribution is 5.49. The first kappa shape index (κ1) is 12.0. The molecule has 3 heterocycles. The van der Waals surface area contributed by atoms with Crippen molar-refractivity contribution in [1.82, 2.24) is 20.1 Å². The minimum Gasteiger partial charge on any atom is -0.481 e. The van der Waals surface area contributed by atoms with Crippen LogP contribution in [-0.4, -0.2) is 40.4 Å². The predicted octanol–water partition coefficient (Wildman–Crippen LogP) is 0.109. The standard InChI is InChI=1S/C11H13N5O3/c1-17-8-4-7(13-6-14-8)9-15-10(19-16-9)11(12)2-3-18-5-11/h4,6H,2-3,5,12H2,1H3. The number of nitrogens with zero attached hydrogens (tertiary/aromatic N) is 4. The van der Waals surface area contributed by atoms with E-state index in [-0.39, 0.29) is 0 Å². The van der Waals surface area contributed by atoms with Crippen LogP contribution in [-0.2, 0) is 10.3 Å². The van der Waals surface area contributed by atoms with Gasteiger partial charge >= 0.3 is 0 Å². The van der Waals surface area contributed by atoms with Crippen LogP contribution in [0.25, 0.3) is 11.5 Å². The number of hydrogen-bond acceptors (Lipinski definition) is 8. The SMILES string of the molecule is COc1cc(-c2noc(C3(N)CCOC3)n2)ncn1. The molecule has 3 rings (SSSR count). The van der Waals surface area contributed by atoms with Crippen molar-refractivity contribution in [2.75, 3.05) is 20.3 Å². The van der Waals surface area contributed by atoms with Crippen molar-refractivity contribution < 1.29 is 14.0 Å². The highest BCUT2D eigenvalue weighted by Gasteiger charge is 2.38. The summed E-state index contributed by atoms with van der Waals surface area (Å²) in [6.45, 7) is 0.970. The van der Waals surface area contributed by atoms with Gasteiger partial charge in [-0.3, -0.25) is 0 Å². The third kappa shape index (κ3) is 2.15. The van der Waals surface area contributed by atoms with Gasteiger partial charge in [0.25, 0.3) is 0 Å². The molecule has 1 aliphatic rings. The Hall–Kier alpha value is -2.06. The van der Waals surface area contributed by atoms with Gasteiger partial charge in [0.05, 0.1) is 13.7 Å².